The lowest BCUT2D eigenvalue weighted by atomic mass is 9.99. The Morgan fingerprint density at radius 3 is 2.55 bits per heavy atom. The zero-order valence-corrected chi connectivity index (χ0v) is 14.0. The summed E-state index contributed by atoms with van der Waals surface area (Å²) in [5.41, 5.74) is 0.715. The van der Waals surface area contributed by atoms with Gasteiger partial charge in [-0.3, -0.25) is 4.99 Å². The predicted molar refractivity (Wildman–Crippen MR) is 90.7 cm³/mol. The molecule has 22 heavy (non-hydrogen) atoms. The van der Waals surface area contributed by atoms with Crippen LogP contribution in [0.1, 0.15) is 11.1 Å². The predicted octanol–water partition coefficient (Wildman–Crippen LogP) is 3.80. The maximum absolute atomic E-state index is 14.1. The van der Waals surface area contributed by atoms with E-state index in [9.17, 15) is 13.9 Å². The van der Waals surface area contributed by atoms with Crippen molar-refractivity contribution in [3.05, 3.63) is 61.7 Å². The average molecular weight is 435 g/mol. The maximum Gasteiger partial charge on any atom is 0.144 e. The van der Waals surface area contributed by atoms with Crippen LogP contribution in [0, 0.1) is 15.2 Å². The fourth-order valence-electron chi connectivity index (χ4n) is 2.31. The molecule has 0 spiro atoms. The van der Waals surface area contributed by atoms with Crippen LogP contribution in [0.25, 0.3) is 0 Å². The molecule has 2 aromatic carbocycles. The largest absolute Gasteiger partial charge is 0.372 e. The van der Waals surface area contributed by atoms with Crippen molar-refractivity contribution in [2.75, 3.05) is 11.9 Å². The van der Waals surface area contributed by atoms with Gasteiger partial charge < -0.3 is 10.4 Å². The Morgan fingerprint density at radius 1 is 1.18 bits per heavy atom. The van der Waals surface area contributed by atoms with E-state index in [-0.39, 0.29) is 17.8 Å². The number of aliphatic imine (C=N–C) groups is 1. The molecule has 0 aromatic heterocycles. The molecule has 1 atom stereocenters. The van der Waals surface area contributed by atoms with Crippen molar-refractivity contribution in [2.24, 2.45) is 4.99 Å². The van der Waals surface area contributed by atoms with Gasteiger partial charge in [0.15, 0.2) is 0 Å². The molecular weight excluding hydrogens is 425 g/mol. The van der Waals surface area contributed by atoms with Crippen LogP contribution in [0.15, 0.2) is 35.3 Å². The van der Waals surface area contributed by atoms with Crippen molar-refractivity contribution in [1.82, 2.24) is 0 Å². The molecule has 7 heteroatoms. The fourth-order valence-corrected chi connectivity index (χ4v) is 3.02. The minimum atomic E-state index is -0.956. The van der Waals surface area contributed by atoms with Gasteiger partial charge in [0.2, 0.25) is 0 Å². The second-order valence-electron chi connectivity index (χ2n) is 4.73. The number of rotatable bonds is 1. The van der Waals surface area contributed by atoms with Crippen molar-refractivity contribution < 1.29 is 13.9 Å². The van der Waals surface area contributed by atoms with Gasteiger partial charge >= 0.3 is 0 Å². The van der Waals surface area contributed by atoms with Gasteiger partial charge in [-0.1, -0.05) is 17.7 Å². The molecule has 0 aliphatic carbocycles. The van der Waals surface area contributed by atoms with E-state index >= 15 is 0 Å². The van der Waals surface area contributed by atoms with Crippen LogP contribution in [0.5, 0.6) is 0 Å². The third kappa shape index (κ3) is 2.70. The van der Waals surface area contributed by atoms with Gasteiger partial charge in [-0.25, -0.2) is 8.78 Å². The topological polar surface area (TPSA) is 44.6 Å². The molecule has 1 aliphatic rings. The Hall–Kier alpha value is -1.25. The Labute approximate surface area is 144 Å². The van der Waals surface area contributed by atoms with Gasteiger partial charge in [0.1, 0.15) is 17.9 Å². The van der Waals surface area contributed by atoms with E-state index in [4.69, 9.17) is 11.6 Å². The van der Waals surface area contributed by atoms with Crippen LogP contribution in [0.2, 0.25) is 5.02 Å². The summed E-state index contributed by atoms with van der Waals surface area (Å²) in [5.74, 6) is -1.45. The zero-order valence-electron chi connectivity index (χ0n) is 11.1. The number of aliphatic hydroxyl groups is 1. The molecule has 1 unspecified atom stereocenters. The first-order valence-corrected chi connectivity index (χ1v) is 7.86. The van der Waals surface area contributed by atoms with Crippen LogP contribution in [0.3, 0.4) is 0 Å². The molecule has 2 aromatic rings. The summed E-state index contributed by atoms with van der Waals surface area (Å²) in [5, 5.41) is 13.0. The average Bonchev–Trinajstić information content (AvgIpc) is 2.63. The molecule has 0 saturated carbocycles. The van der Waals surface area contributed by atoms with E-state index in [1.165, 1.54) is 6.07 Å². The first-order chi connectivity index (χ1) is 10.5. The van der Waals surface area contributed by atoms with Gasteiger partial charge in [-0.2, -0.15) is 0 Å². The smallest absolute Gasteiger partial charge is 0.144 e. The highest BCUT2D eigenvalue weighted by Crippen LogP contribution is 2.34. The summed E-state index contributed by atoms with van der Waals surface area (Å²) >= 11 is 8.36. The normalized spacial score (nSPS) is 17.3. The SMILES string of the molecule is OC1CN=C(c2c(F)cccc2F)c2c(ccc(I)c2Cl)N1. The van der Waals surface area contributed by atoms with Crippen molar-refractivity contribution in [2.45, 2.75) is 6.23 Å². The minimum Gasteiger partial charge on any atom is -0.372 e. The summed E-state index contributed by atoms with van der Waals surface area (Å²) in [6.45, 7) is -0.0370. The molecule has 0 radical (unpaired) electrons. The third-order valence-corrected chi connectivity index (χ3v) is 4.89. The number of nitrogens with zero attached hydrogens (tertiary/aromatic N) is 1. The van der Waals surface area contributed by atoms with Gasteiger partial charge in [-0.05, 0) is 46.9 Å². The number of nitrogens with one attached hydrogen (secondary N) is 1. The third-order valence-electron chi connectivity index (χ3n) is 3.28. The summed E-state index contributed by atoms with van der Waals surface area (Å²) in [7, 11) is 0. The lowest BCUT2D eigenvalue weighted by Crippen LogP contribution is -2.20. The lowest BCUT2D eigenvalue weighted by Gasteiger charge is -2.15. The standard InChI is InChI=1S/C15H10ClF2IN2O/c16-14-9(19)4-5-10-13(14)15(20-6-11(22)21-10)12-7(17)2-1-3-8(12)18/h1-5,11,21-22H,6H2. The highest BCUT2D eigenvalue weighted by atomic mass is 127. The lowest BCUT2D eigenvalue weighted by molar-refractivity contribution is 0.213. The van der Waals surface area contributed by atoms with E-state index in [0.29, 0.717) is 16.3 Å². The number of aliphatic hydroxyl groups excluding tert-OH is 1. The van der Waals surface area contributed by atoms with E-state index < -0.39 is 17.9 Å². The Bertz CT molecular complexity index is 762. The van der Waals surface area contributed by atoms with Gasteiger partial charge in [0.05, 0.1) is 22.8 Å². The molecule has 3 nitrogen and oxygen atoms in total. The minimum absolute atomic E-state index is 0.0370. The van der Waals surface area contributed by atoms with E-state index in [1.54, 1.807) is 12.1 Å². The number of benzodiazepines with no additional fused rings is 1. The van der Waals surface area contributed by atoms with Crippen LogP contribution in [-0.2, 0) is 0 Å². The Balaban J connectivity index is 2.31. The highest BCUT2D eigenvalue weighted by Gasteiger charge is 2.26. The van der Waals surface area contributed by atoms with Gasteiger partial charge in [-0.15, -0.1) is 0 Å². The summed E-state index contributed by atoms with van der Waals surface area (Å²) in [4.78, 5) is 4.18. The molecule has 1 heterocycles. The molecule has 0 fully saturated rings. The van der Waals surface area contributed by atoms with Crippen molar-refractivity contribution in [1.29, 1.82) is 0 Å². The van der Waals surface area contributed by atoms with Crippen LogP contribution < -0.4 is 5.32 Å². The Kier molecular flexibility index (Phi) is 4.33. The highest BCUT2D eigenvalue weighted by molar-refractivity contribution is 14.1. The number of fused-ring (bicyclic) bond motifs is 1. The van der Waals surface area contributed by atoms with Crippen LogP contribution >= 0.6 is 34.2 Å². The molecule has 0 saturated heterocycles. The van der Waals surface area contributed by atoms with Crippen molar-refractivity contribution in [3.8, 4) is 0 Å². The van der Waals surface area contributed by atoms with Crippen molar-refractivity contribution >= 4 is 45.6 Å². The summed E-state index contributed by atoms with van der Waals surface area (Å²) in [6, 6.07) is 7.07. The fraction of sp³-hybridized carbons (Fsp3) is 0.133. The van der Waals surface area contributed by atoms with E-state index in [2.05, 4.69) is 10.3 Å². The van der Waals surface area contributed by atoms with Gasteiger partial charge in [0.25, 0.3) is 0 Å². The second kappa shape index (κ2) is 6.10. The molecule has 3 rings (SSSR count). The number of anilines is 1. The quantitative estimate of drug-likeness (QED) is 0.671. The Morgan fingerprint density at radius 2 is 1.86 bits per heavy atom. The zero-order chi connectivity index (χ0) is 15.9. The van der Waals surface area contributed by atoms with Gasteiger partial charge in [0, 0.05) is 14.8 Å². The summed E-state index contributed by atoms with van der Waals surface area (Å²) < 4.78 is 29.0. The number of benzene rings is 2. The molecule has 0 bridgehead atoms. The van der Waals surface area contributed by atoms with Crippen LogP contribution in [0.4, 0.5) is 14.5 Å². The first kappa shape index (κ1) is 15.6. The summed E-state index contributed by atoms with van der Waals surface area (Å²) in [6.07, 6.45) is -0.956. The molecule has 1 aliphatic heterocycles. The van der Waals surface area contributed by atoms with E-state index in [1.807, 2.05) is 22.6 Å². The number of hydrogen-bond acceptors (Lipinski definition) is 3. The molecular formula is C15H10ClF2IN2O. The van der Waals surface area contributed by atoms with Crippen LogP contribution in [-0.4, -0.2) is 23.6 Å². The van der Waals surface area contributed by atoms with Crippen molar-refractivity contribution in [3.63, 3.8) is 0 Å². The first-order valence-electron chi connectivity index (χ1n) is 6.41. The molecule has 2 N–H and O–H groups in total. The number of halogens is 4. The molecule has 114 valence electrons. The molecule has 0 amide bonds. The maximum atomic E-state index is 14.1. The van der Waals surface area contributed by atoms with E-state index in [0.717, 1.165) is 15.7 Å². The monoisotopic (exact) mass is 434 g/mol. The number of hydrogen-bond donors (Lipinski definition) is 2. The second-order valence-corrected chi connectivity index (χ2v) is 6.27.